The molecule has 0 spiro atoms. The third-order valence-corrected chi connectivity index (χ3v) is 4.35. The van der Waals surface area contributed by atoms with Gasteiger partial charge in [-0.1, -0.05) is 6.92 Å². The van der Waals surface area contributed by atoms with Crippen molar-refractivity contribution in [2.75, 3.05) is 30.4 Å². The number of nitrogens with zero attached hydrogens (tertiary/aromatic N) is 3. The van der Waals surface area contributed by atoms with Gasteiger partial charge in [0, 0.05) is 24.9 Å². The summed E-state index contributed by atoms with van der Waals surface area (Å²) in [5.74, 6) is 3.42. The average Bonchev–Trinajstić information content (AvgIpc) is 2.92. The lowest BCUT2D eigenvalue weighted by molar-refractivity contribution is 0.251. The standard InChI is InChI=1S/C13H22N4S/c1-3-5-14-13-8-15-11(7-16-13)9-17(2)12-4-6-18-10-12/h7-8,12H,3-6,9-10H2,1-2H3,(H,14,16). The molecule has 0 bridgehead atoms. The number of nitrogens with one attached hydrogen (secondary N) is 1. The lowest BCUT2D eigenvalue weighted by atomic mass is 10.2. The van der Waals surface area contributed by atoms with Crippen LogP contribution in [0, 0.1) is 0 Å². The van der Waals surface area contributed by atoms with Gasteiger partial charge in [0.15, 0.2) is 0 Å². The van der Waals surface area contributed by atoms with Gasteiger partial charge in [0.1, 0.15) is 5.82 Å². The van der Waals surface area contributed by atoms with E-state index in [4.69, 9.17) is 0 Å². The van der Waals surface area contributed by atoms with E-state index in [0.717, 1.165) is 31.0 Å². The van der Waals surface area contributed by atoms with E-state index >= 15 is 0 Å². The van der Waals surface area contributed by atoms with Crippen molar-refractivity contribution in [1.29, 1.82) is 0 Å². The molecule has 0 aliphatic carbocycles. The quantitative estimate of drug-likeness (QED) is 0.855. The topological polar surface area (TPSA) is 41.1 Å². The molecule has 100 valence electrons. The predicted molar refractivity (Wildman–Crippen MR) is 78.0 cm³/mol. The van der Waals surface area contributed by atoms with Crippen LogP contribution in [-0.2, 0) is 6.54 Å². The Labute approximate surface area is 114 Å². The fraction of sp³-hybridized carbons (Fsp3) is 0.692. The van der Waals surface area contributed by atoms with Crippen molar-refractivity contribution in [2.24, 2.45) is 0 Å². The second kappa shape index (κ2) is 6.95. The monoisotopic (exact) mass is 266 g/mol. The largest absolute Gasteiger partial charge is 0.369 e. The molecular formula is C13H22N4S. The molecule has 1 atom stereocenters. The molecule has 0 radical (unpaired) electrons. The Morgan fingerprint density at radius 3 is 2.94 bits per heavy atom. The maximum atomic E-state index is 4.47. The highest BCUT2D eigenvalue weighted by Gasteiger charge is 2.20. The van der Waals surface area contributed by atoms with Crippen LogP contribution >= 0.6 is 11.8 Å². The van der Waals surface area contributed by atoms with Crippen LogP contribution in [0.1, 0.15) is 25.5 Å². The molecule has 2 rings (SSSR count). The van der Waals surface area contributed by atoms with E-state index in [-0.39, 0.29) is 0 Å². The summed E-state index contributed by atoms with van der Waals surface area (Å²) in [6.07, 6.45) is 6.12. The average molecular weight is 266 g/mol. The van der Waals surface area contributed by atoms with E-state index in [1.54, 1.807) is 0 Å². The van der Waals surface area contributed by atoms with Crippen molar-refractivity contribution in [3.63, 3.8) is 0 Å². The predicted octanol–water partition coefficient (Wildman–Crippen LogP) is 2.24. The zero-order chi connectivity index (χ0) is 12.8. The summed E-state index contributed by atoms with van der Waals surface area (Å²) in [6, 6.07) is 0.703. The maximum absolute atomic E-state index is 4.47. The van der Waals surface area contributed by atoms with Crippen LogP contribution in [-0.4, -0.2) is 46.0 Å². The fourth-order valence-corrected chi connectivity index (χ4v) is 3.33. The van der Waals surface area contributed by atoms with Crippen LogP contribution in [0.4, 0.5) is 5.82 Å². The summed E-state index contributed by atoms with van der Waals surface area (Å²) in [6.45, 7) is 3.99. The van der Waals surface area contributed by atoms with Gasteiger partial charge < -0.3 is 5.32 Å². The summed E-state index contributed by atoms with van der Waals surface area (Å²) in [4.78, 5) is 11.3. The molecule has 1 aromatic rings. The summed E-state index contributed by atoms with van der Waals surface area (Å²) < 4.78 is 0. The molecule has 0 saturated carbocycles. The van der Waals surface area contributed by atoms with E-state index in [0.29, 0.717) is 6.04 Å². The first kappa shape index (κ1) is 13.6. The van der Waals surface area contributed by atoms with Crippen molar-refractivity contribution in [3.8, 4) is 0 Å². The van der Waals surface area contributed by atoms with Gasteiger partial charge in [-0.15, -0.1) is 0 Å². The van der Waals surface area contributed by atoms with E-state index in [9.17, 15) is 0 Å². The molecule has 1 saturated heterocycles. The highest BCUT2D eigenvalue weighted by Crippen LogP contribution is 2.22. The Morgan fingerprint density at radius 2 is 2.33 bits per heavy atom. The molecule has 1 N–H and O–H groups in total. The van der Waals surface area contributed by atoms with Crippen LogP contribution in [0.3, 0.4) is 0 Å². The van der Waals surface area contributed by atoms with Gasteiger partial charge >= 0.3 is 0 Å². The summed E-state index contributed by atoms with van der Waals surface area (Å²) in [7, 11) is 2.18. The summed E-state index contributed by atoms with van der Waals surface area (Å²) in [5, 5.41) is 3.24. The van der Waals surface area contributed by atoms with Crippen molar-refractivity contribution >= 4 is 17.6 Å². The van der Waals surface area contributed by atoms with Crippen molar-refractivity contribution in [1.82, 2.24) is 14.9 Å². The second-order valence-electron chi connectivity index (χ2n) is 4.75. The zero-order valence-corrected chi connectivity index (χ0v) is 12.0. The Balaban J connectivity index is 1.85. The molecule has 1 aliphatic heterocycles. The first-order valence-corrected chi connectivity index (χ1v) is 7.78. The SMILES string of the molecule is CCCNc1cnc(CN(C)C2CCSC2)cn1. The Kier molecular flexibility index (Phi) is 5.26. The normalized spacial score (nSPS) is 19.4. The van der Waals surface area contributed by atoms with Gasteiger partial charge in [-0.25, -0.2) is 4.98 Å². The highest BCUT2D eigenvalue weighted by atomic mass is 32.2. The highest BCUT2D eigenvalue weighted by molar-refractivity contribution is 7.99. The van der Waals surface area contributed by atoms with E-state index < -0.39 is 0 Å². The van der Waals surface area contributed by atoms with Crippen LogP contribution < -0.4 is 5.32 Å². The number of aromatic nitrogens is 2. The van der Waals surface area contributed by atoms with Crippen molar-refractivity contribution < 1.29 is 0 Å². The first-order chi connectivity index (χ1) is 8.79. The molecule has 2 heterocycles. The third kappa shape index (κ3) is 3.85. The summed E-state index contributed by atoms with van der Waals surface area (Å²) in [5.41, 5.74) is 1.05. The molecule has 4 nitrogen and oxygen atoms in total. The third-order valence-electron chi connectivity index (χ3n) is 3.20. The number of hydrogen-bond acceptors (Lipinski definition) is 5. The minimum Gasteiger partial charge on any atom is -0.369 e. The van der Waals surface area contributed by atoms with Gasteiger partial charge in [0.05, 0.1) is 18.1 Å². The Morgan fingerprint density at radius 1 is 1.44 bits per heavy atom. The molecule has 18 heavy (non-hydrogen) atoms. The molecule has 0 amide bonds. The van der Waals surface area contributed by atoms with Crippen LogP contribution in [0.5, 0.6) is 0 Å². The van der Waals surface area contributed by atoms with Gasteiger partial charge in [-0.2, -0.15) is 11.8 Å². The first-order valence-electron chi connectivity index (χ1n) is 6.62. The van der Waals surface area contributed by atoms with Crippen molar-refractivity contribution in [3.05, 3.63) is 18.1 Å². The minimum atomic E-state index is 0.703. The lowest BCUT2D eigenvalue weighted by Gasteiger charge is -2.22. The van der Waals surface area contributed by atoms with E-state index in [2.05, 4.69) is 34.2 Å². The fourth-order valence-electron chi connectivity index (χ4n) is 2.04. The van der Waals surface area contributed by atoms with Crippen LogP contribution in [0.2, 0.25) is 0 Å². The Hall–Kier alpha value is -0.810. The lowest BCUT2D eigenvalue weighted by Crippen LogP contribution is -2.31. The zero-order valence-electron chi connectivity index (χ0n) is 11.2. The molecule has 0 aromatic carbocycles. The number of hydrogen-bond donors (Lipinski definition) is 1. The van der Waals surface area contributed by atoms with Crippen molar-refractivity contribution in [2.45, 2.75) is 32.4 Å². The van der Waals surface area contributed by atoms with Gasteiger partial charge in [-0.05, 0) is 25.6 Å². The molecule has 1 unspecified atom stereocenters. The number of thioether (sulfide) groups is 1. The van der Waals surface area contributed by atoms with Gasteiger partial charge in [0.2, 0.25) is 0 Å². The molecule has 1 aliphatic rings. The Bertz CT molecular complexity index is 349. The van der Waals surface area contributed by atoms with Gasteiger partial charge in [-0.3, -0.25) is 9.88 Å². The number of anilines is 1. The second-order valence-corrected chi connectivity index (χ2v) is 5.90. The van der Waals surface area contributed by atoms with Gasteiger partial charge in [0.25, 0.3) is 0 Å². The molecule has 5 heteroatoms. The van der Waals surface area contributed by atoms with E-state index in [1.165, 1.54) is 17.9 Å². The molecule has 1 fully saturated rings. The van der Waals surface area contributed by atoms with Crippen LogP contribution in [0.15, 0.2) is 12.4 Å². The molecular weight excluding hydrogens is 244 g/mol. The van der Waals surface area contributed by atoms with E-state index in [1.807, 2.05) is 24.2 Å². The minimum absolute atomic E-state index is 0.703. The van der Waals surface area contributed by atoms with Crippen LogP contribution in [0.25, 0.3) is 0 Å². The smallest absolute Gasteiger partial charge is 0.144 e. The maximum Gasteiger partial charge on any atom is 0.144 e. The summed E-state index contributed by atoms with van der Waals surface area (Å²) >= 11 is 2.04. The number of rotatable bonds is 6. The molecule has 1 aromatic heterocycles.